The van der Waals surface area contributed by atoms with E-state index in [-0.39, 0.29) is 11.3 Å². The van der Waals surface area contributed by atoms with E-state index in [9.17, 15) is 4.79 Å². The van der Waals surface area contributed by atoms with Gasteiger partial charge in [0, 0.05) is 24.4 Å². The first kappa shape index (κ1) is 23.5. The van der Waals surface area contributed by atoms with E-state index >= 15 is 0 Å². The number of carbonyl (C=O) groups is 1. The first-order valence-electron chi connectivity index (χ1n) is 12.2. The molecule has 6 heterocycles. The van der Waals surface area contributed by atoms with E-state index in [1.54, 1.807) is 31.1 Å². The van der Waals surface area contributed by atoms with Gasteiger partial charge in [0.15, 0.2) is 11.5 Å². The molecule has 6 rings (SSSR count). The minimum atomic E-state index is -0.107. The first-order valence-corrected chi connectivity index (χ1v) is 12.2. The van der Waals surface area contributed by atoms with Crippen molar-refractivity contribution in [3.8, 4) is 28.5 Å². The van der Waals surface area contributed by atoms with Gasteiger partial charge < -0.3 is 14.9 Å². The summed E-state index contributed by atoms with van der Waals surface area (Å²) in [5, 5.41) is 10.5. The molecule has 1 amide bonds. The number of aromatic amines is 2. The number of amides is 1. The van der Waals surface area contributed by atoms with E-state index in [2.05, 4.69) is 35.5 Å². The number of nitrogens with zero attached hydrogens (tertiary/aromatic N) is 7. The van der Waals surface area contributed by atoms with Crippen LogP contribution in [0.2, 0.25) is 0 Å². The Balaban J connectivity index is 1.36. The smallest absolute Gasteiger partial charge is 0.224 e. The zero-order valence-electron chi connectivity index (χ0n) is 21.4. The van der Waals surface area contributed by atoms with E-state index in [1.807, 2.05) is 56.7 Å². The van der Waals surface area contributed by atoms with Gasteiger partial charge in [0.05, 0.1) is 58.7 Å². The molecule has 0 aliphatic carbocycles. The summed E-state index contributed by atoms with van der Waals surface area (Å²) in [6.07, 6.45) is 10.9. The highest BCUT2D eigenvalue weighted by Gasteiger charge is 2.18. The maximum Gasteiger partial charge on any atom is 0.224 e. The van der Waals surface area contributed by atoms with Crippen LogP contribution in [0.15, 0.2) is 55.5 Å². The van der Waals surface area contributed by atoms with Crippen LogP contribution in [0.1, 0.15) is 32.9 Å². The molecule has 0 aliphatic heterocycles. The summed E-state index contributed by atoms with van der Waals surface area (Å²) < 4.78 is 1.90. The number of imidazole rings is 2. The molecule has 0 atom stereocenters. The van der Waals surface area contributed by atoms with Crippen LogP contribution in [0.3, 0.4) is 0 Å². The third-order valence-corrected chi connectivity index (χ3v) is 6.01. The largest absolute Gasteiger partial charge is 0.335 e. The number of carbonyl (C=O) groups excluding carboxylic acids is 1. The van der Waals surface area contributed by atoms with E-state index in [4.69, 9.17) is 9.97 Å². The van der Waals surface area contributed by atoms with Gasteiger partial charge in [0.25, 0.3) is 0 Å². The summed E-state index contributed by atoms with van der Waals surface area (Å²) in [7, 11) is 0. The lowest BCUT2D eigenvalue weighted by Crippen LogP contribution is -2.19. The Labute approximate surface area is 217 Å². The van der Waals surface area contributed by atoms with Crippen molar-refractivity contribution in [2.24, 2.45) is 5.41 Å². The molecule has 38 heavy (non-hydrogen) atoms. The number of fused-ring (bicyclic) bond motifs is 2. The maximum absolute atomic E-state index is 12.4. The van der Waals surface area contributed by atoms with E-state index < -0.39 is 0 Å². The van der Waals surface area contributed by atoms with Crippen LogP contribution >= 0.6 is 0 Å². The Kier molecular flexibility index (Phi) is 5.48. The normalized spacial score (nSPS) is 11.9. The Bertz CT molecular complexity index is 1800. The molecule has 0 unspecified atom stereocenters. The molecular formula is C27H26N10O. The molecule has 0 saturated heterocycles. The van der Waals surface area contributed by atoms with Crippen molar-refractivity contribution in [3.05, 3.63) is 61.2 Å². The van der Waals surface area contributed by atoms with Crippen LogP contribution < -0.4 is 5.32 Å². The number of hydrogen-bond acceptors (Lipinski definition) is 7. The molecule has 0 saturated carbocycles. The first-order chi connectivity index (χ1) is 18.2. The minimum absolute atomic E-state index is 0.0541. The number of pyridine rings is 3. The second-order valence-electron chi connectivity index (χ2n) is 10.5. The number of aryl methyl sites for hydroxylation is 1. The quantitative estimate of drug-likeness (QED) is 0.304. The summed E-state index contributed by atoms with van der Waals surface area (Å²) in [6, 6.07) is 5.68. The van der Waals surface area contributed by atoms with Gasteiger partial charge in [-0.1, -0.05) is 20.8 Å². The van der Waals surface area contributed by atoms with Gasteiger partial charge in [0.1, 0.15) is 11.0 Å². The lowest BCUT2D eigenvalue weighted by Gasteiger charge is -2.17. The summed E-state index contributed by atoms with van der Waals surface area (Å²) in [5.41, 5.74) is 7.27. The maximum atomic E-state index is 12.4. The van der Waals surface area contributed by atoms with Crippen LogP contribution in [0.5, 0.6) is 0 Å². The van der Waals surface area contributed by atoms with Gasteiger partial charge in [-0.15, -0.1) is 0 Å². The van der Waals surface area contributed by atoms with Crippen molar-refractivity contribution < 1.29 is 4.79 Å². The van der Waals surface area contributed by atoms with E-state index in [0.717, 1.165) is 33.5 Å². The van der Waals surface area contributed by atoms with Crippen molar-refractivity contribution in [1.29, 1.82) is 0 Å². The zero-order chi connectivity index (χ0) is 26.4. The molecule has 3 N–H and O–H groups in total. The number of anilines is 1. The molecule has 0 fully saturated rings. The molecule has 0 aromatic carbocycles. The fraction of sp³-hybridized carbons (Fsp3) is 0.222. The number of aromatic nitrogens is 9. The third-order valence-electron chi connectivity index (χ3n) is 6.01. The van der Waals surface area contributed by atoms with Gasteiger partial charge in [-0.05, 0) is 30.5 Å². The molecule has 0 spiro atoms. The Morgan fingerprint density at radius 2 is 1.87 bits per heavy atom. The van der Waals surface area contributed by atoms with Crippen LogP contribution in [-0.2, 0) is 4.79 Å². The molecule has 11 heteroatoms. The second-order valence-corrected chi connectivity index (χ2v) is 10.5. The molecular weight excluding hydrogens is 480 g/mol. The van der Waals surface area contributed by atoms with Crippen molar-refractivity contribution in [3.63, 3.8) is 0 Å². The molecule has 6 aromatic rings. The van der Waals surface area contributed by atoms with Gasteiger partial charge >= 0.3 is 0 Å². The number of H-pyrrole nitrogens is 2. The van der Waals surface area contributed by atoms with Crippen LogP contribution in [0.4, 0.5) is 5.69 Å². The summed E-state index contributed by atoms with van der Waals surface area (Å²) in [4.78, 5) is 38.5. The Hall–Kier alpha value is -4.93. The zero-order valence-corrected chi connectivity index (χ0v) is 21.4. The van der Waals surface area contributed by atoms with Crippen molar-refractivity contribution in [2.75, 3.05) is 5.32 Å². The van der Waals surface area contributed by atoms with Gasteiger partial charge in [-0.25, -0.2) is 15.0 Å². The third kappa shape index (κ3) is 4.49. The van der Waals surface area contributed by atoms with Crippen LogP contribution in [-0.4, -0.2) is 50.6 Å². The molecule has 11 nitrogen and oxygen atoms in total. The lowest BCUT2D eigenvalue weighted by molar-refractivity contribution is -0.117. The minimum Gasteiger partial charge on any atom is -0.335 e. The molecule has 0 bridgehead atoms. The van der Waals surface area contributed by atoms with Crippen LogP contribution in [0.25, 0.3) is 50.5 Å². The summed E-state index contributed by atoms with van der Waals surface area (Å²) >= 11 is 0. The highest BCUT2D eigenvalue weighted by Crippen LogP contribution is 2.29. The SMILES string of the molecule is Cc1cn(-c2cncc3[nH]c(-c4n[nH]c5ccc(-c6cncc(NC(=O)CC(C)(C)C)c6)nc45)nc23)cn1. The average molecular weight is 507 g/mol. The predicted octanol–water partition coefficient (Wildman–Crippen LogP) is 4.83. The molecule has 0 radical (unpaired) electrons. The fourth-order valence-electron chi connectivity index (χ4n) is 4.33. The Morgan fingerprint density at radius 1 is 1.03 bits per heavy atom. The van der Waals surface area contributed by atoms with Crippen molar-refractivity contribution >= 4 is 33.7 Å². The predicted molar refractivity (Wildman–Crippen MR) is 145 cm³/mol. The van der Waals surface area contributed by atoms with Gasteiger partial charge in [-0.2, -0.15) is 5.10 Å². The van der Waals surface area contributed by atoms with Crippen molar-refractivity contribution in [2.45, 2.75) is 34.1 Å². The number of rotatable bonds is 5. The number of hydrogen-bond donors (Lipinski definition) is 3. The monoisotopic (exact) mass is 506 g/mol. The Morgan fingerprint density at radius 3 is 2.66 bits per heavy atom. The summed E-state index contributed by atoms with van der Waals surface area (Å²) in [5.74, 6) is 0.518. The van der Waals surface area contributed by atoms with E-state index in [0.29, 0.717) is 34.8 Å². The standard InChI is InChI=1S/C27H26N10O/c1-15-13-37(14-30-15)21-12-29-11-20-23(21)34-26(33-20)25-24-19(35-36-25)6-5-18(32-24)16-7-17(10-28-9-16)31-22(38)8-27(2,3)4/h5-7,9-14H,8H2,1-4H3,(H,31,38)(H,33,34)(H,35,36). The average Bonchev–Trinajstić information content (AvgIpc) is 3.60. The van der Waals surface area contributed by atoms with Gasteiger partial charge in [-0.3, -0.25) is 19.9 Å². The fourth-order valence-corrected chi connectivity index (χ4v) is 4.33. The van der Waals surface area contributed by atoms with E-state index in [1.165, 1.54) is 0 Å². The summed E-state index contributed by atoms with van der Waals surface area (Å²) in [6.45, 7) is 8.02. The molecule has 6 aromatic heterocycles. The highest BCUT2D eigenvalue weighted by molar-refractivity contribution is 5.94. The molecule has 190 valence electrons. The number of nitrogens with one attached hydrogen (secondary N) is 3. The van der Waals surface area contributed by atoms with Gasteiger partial charge in [0.2, 0.25) is 5.91 Å². The lowest BCUT2D eigenvalue weighted by atomic mass is 9.92. The molecule has 0 aliphatic rings. The van der Waals surface area contributed by atoms with Crippen LogP contribution in [0, 0.1) is 12.3 Å². The highest BCUT2D eigenvalue weighted by atomic mass is 16.1. The van der Waals surface area contributed by atoms with Crippen molar-refractivity contribution in [1.82, 2.24) is 44.7 Å². The second kappa shape index (κ2) is 8.87. The topological polar surface area (TPSA) is 143 Å².